The molecule has 0 spiro atoms. The van der Waals surface area contributed by atoms with Crippen LogP contribution in [-0.2, 0) is 13.5 Å². The smallest absolute Gasteiger partial charge is 0.263 e. The zero-order valence-corrected chi connectivity index (χ0v) is 15.1. The van der Waals surface area contributed by atoms with E-state index in [-0.39, 0.29) is 11.6 Å². The monoisotopic (exact) mass is 340 g/mol. The Morgan fingerprint density at radius 2 is 2.00 bits per heavy atom. The molecule has 132 valence electrons. The van der Waals surface area contributed by atoms with Crippen molar-refractivity contribution in [2.75, 3.05) is 26.0 Å². The number of benzene rings is 1. The molecule has 0 saturated carbocycles. The van der Waals surface area contributed by atoms with Crippen LogP contribution in [0.2, 0.25) is 0 Å². The van der Waals surface area contributed by atoms with Crippen LogP contribution in [0.3, 0.4) is 0 Å². The van der Waals surface area contributed by atoms with Crippen LogP contribution in [0.5, 0.6) is 0 Å². The van der Waals surface area contributed by atoms with Crippen LogP contribution in [0.4, 0.5) is 5.95 Å². The SMILES string of the molecule is CCc1ccc(C(CNc2nc3c(cnn3C)c(=O)[nH]2)N(C)C)cc1. The van der Waals surface area contributed by atoms with Crippen LogP contribution in [-0.4, -0.2) is 45.3 Å². The normalized spacial score (nSPS) is 12.7. The Morgan fingerprint density at radius 3 is 2.64 bits per heavy atom. The van der Waals surface area contributed by atoms with Crippen molar-refractivity contribution in [3.8, 4) is 0 Å². The van der Waals surface area contributed by atoms with Crippen molar-refractivity contribution in [1.29, 1.82) is 0 Å². The zero-order valence-electron chi connectivity index (χ0n) is 15.1. The summed E-state index contributed by atoms with van der Waals surface area (Å²) in [7, 11) is 5.86. The third kappa shape index (κ3) is 3.56. The summed E-state index contributed by atoms with van der Waals surface area (Å²) in [6.07, 6.45) is 2.56. The molecule has 2 aromatic heterocycles. The first-order valence-corrected chi connectivity index (χ1v) is 8.40. The number of aromatic amines is 1. The maximum atomic E-state index is 12.1. The molecular formula is C18H24N6O. The van der Waals surface area contributed by atoms with E-state index in [1.807, 2.05) is 14.1 Å². The molecule has 1 aromatic carbocycles. The second-order valence-electron chi connectivity index (χ2n) is 6.38. The molecule has 2 heterocycles. The summed E-state index contributed by atoms with van der Waals surface area (Å²) in [5.74, 6) is 0.457. The Balaban J connectivity index is 1.81. The summed E-state index contributed by atoms with van der Waals surface area (Å²) in [5.41, 5.74) is 2.93. The van der Waals surface area contributed by atoms with Gasteiger partial charge in [-0.15, -0.1) is 0 Å². The van der Waals surface area contributed by atoms with Gasteiger partial charge in [-0.05, 0) is 31.6 Å². The van der Waals surface area contributed by atoms with Crippen LogP contribution in [0.25, 0.3) is 11.0 Å². The first-order chi connectivity index (χ1) is 12.0. The molecule has 3 aromatic rings. The number of aryl methyl sites for hydroxylation is 2. The van der Waals surface area contributed by atoms with Gasteiger partial charge >= 0.3 is 0 Å². The molecule has 3 rings (SSSR count). The highest BCUT2D eigenvalue weighted by Crippen LogP contribution is 2.19. The highest BCUT2D eigenvalue weighted by Gasteiger charge is 2.15. The van der Waals surface area contributed by atoms with E-state index in [0.29, 0.717) is 23.5 Å². The summed E-state index contributed by atoms with van der Waals surface area (Å²) in [5, 5.41) is 7.83. The molecule has 7 heteroatoms. The van der Waals surface area contributed by atoms with Crippen LogP contribution < -0.4 is 10.9 Å². The van der Waals surface area contributed by atoms with Crippen molar-refractivity contribution >= 4 is 17.0 Å². The largest absolute Gasteiger partial charge is 0.354 e. The van der Waals surface area contributed by atoms with E-state index in [2.05, 4.69) is 56.5 Å². The fourth-order valence-electron chi connectivity index (χ4n) is 2.88. The van der Waals surface area contributed by atoms with E-state index < -0.39 is 0 Å². The lowest BCUT2D eigenvalue weighted by atomic mass is 10.0. The van der Waals surface area contributed by atoms with Gasteiger partial charge in [-0.3, -0.25) is 14.5 Å². The minimum atomic E-state index is -0.186. The Kier molecular flexibility index (Phi) is 4.85. The number of likely N-dealkylation sites (N-methyl/N-ethyl adjacent to an activating group) is 1. The fraction of sp³-hybridized carbons (Fsp3) is 0.389. The standard InChI is InChI=1S/C18H24N6O/c1-5-12-6-8-13(9-7-12)15(23(2)3)11-19-18-21-16-14(17(25)22-18)10-20-24(16)4/h6-10,15H,5,11H2,1-4H3,(H2,19,21,22,25). The van der Waals surface area contributed by atoms with Gasteiger partial charge in [-0.1, -0.05) is 31.2 Å². The van der Waals surface area contributed by atoms with Gasteiger partial charge in [0.25, 0.3) is 5.56 Å². The third-order valence-corrected chi connectivity index (χ3v) is 4.46. The molecule has 0 aliphatic heterocycles. The third-order valence-electron chi connectivity index (χ3n) is 4.46. The number of nitrogens with zero attached hydrogens (tertiary/aromatic N) is 4. The van der Waals surface area contributed by atoms with Crippen LogP contribution in [0, 0.1) is 0 Å². The van der Waals surface area contributed by atoms with E-state index in [0.717, 1.165) is 6.42 Å². The average molecular weight is 340 g/mol. The minimum Gasteiger partial charge on any atom is -0.354 e. The van der Waals surface area contributed by atoms with Gasteiger partial charge in [0.15, 0.2) is 5.65 Å². The minimum absolute atomic E-state index is 0.165. The van der Waals surface area contributed by atoms with E-state index in [1.54, 1.807) is 11.7 Å². The van der Waals surface area contributed by atoms with Crippen molar-refractivity contribution < 1.29 is 0 Å². The predicted molar refractivity (Wildman–Crippen MR) is 99.9 cm³/mol. The topological polar surface area (TPSA) is 78.8 Å². The molecular weight excluding hydrogens is 316 g/mol. The van der Waals surface area contributed by atoms with Gasteiger partial charge in [0.1, 0.15) is 5.39 Å². The molecule has 1 atom stereocenters. The van der Waals surface area contributed by atoms with Crippen LogP contribution >= 0.6 is 0 Å². The highest BCUT2D eigenvalue weighted by atomic mass is 16.1. The van der Waals surface area contributed by atoms with Crippen LogP contribution in [0.15, 0.2) is 35.3 Å². The van der Waals surface area contributed by atoms with Crippen molar-refractivity contribution in [1.82, 2.24) is 24.6 Å². The lowest BCUT2D eigenvalue weighted by Gasteiger charge is -2.25. The number of aromatic nitrogens is 4. The van der Waals surface area contributed by atoms with Crippen molar-refractivity contribution in [3.05, 3.63) is 51.9 Å². The van der Waals surface area contributed by atoms with Crippen molar-refractivity contribution in [3.63, 3.8) is 0 Å². The van der Waals surface area contributed by atoms with E-state index in [9.17, 15) is 4.79 Å². The van der Waals surface area contributed by atoms with Gasteiger partial charge in [0, 0.05) is 13.6 Å². The van der Waals surface area contributed by atoms with Crippen LogP contribution in [0.1, 0.15) is 24.1 Å². The quantitative estimate of drug-likeness (QED) is 0.717. The van der Waals surface area contributed by atoms with E-state index in [1.165, 1.54) is 17.3 Å². The lowest BCUT2D eigenvalue weighted by Crippen LogP contribution is -2.28. The summed E-state index contributed by atoms with van der Waals surface area (Å²) >= 11 is 0. The molecule has 0 amide bonds. The maximum Gasteiger partial charge on any atom is 0.263 e. The van der Waals surface area contributed by atoms with Gasteiger partial charge in [0.2, 0.25) is 5.95 Å². The molecule has 0 radical (unpaired) electrons. The molecule has 0 fully saturated rings. The first kappa shape index (κ1) is 17.2. The second-order valence-corrected chi connectivity index (χ2v) is 6.38. The van der Waals surface area contributed by atoms with Crippen molar-refractivity contribution in [2.45, 2.75) is 19.4 Å². The Hall–Kier alpha value is -2.67. The van der Waals surface area contributed by atoms with Gasteiger partial charge < -0.3 is 10.2 Å². The summed E-state index contributed by atoms with van der Waals surface area (Å²) in [4.78, 5) is 21.5. The van der Waals surface area contributed by atoms with E-state index >= 15 is 0 Å². The van der Waals surface area contributed by atoms with Gasteiger partial charge in [-0.2, -0.15) is 10.1 Å². The fourth-order valence-corrected chi connectivity index (χ4v) is 2.88. The molecule has 25 heavy (non-hydrogen) atoms. The molecule has 1 unspecified atom stereocenters. The Bertz CT molecular complexity index is 909. The number of hydrogen-bond acceptors (Lipinski definition) is 5. The average Bonchev–Trinajstić information content (AvgIpc) is 2.97. The number of H-pyrrole nitrogens is 1. The maximum absolute atomic E-state index is 12.1. The van der Waals surface area contributed by atoms with Gasteiger partial charge in [0.05, 0.1) is 12.2 Å². The number of fused-ring (bicyclic) bond motifs is 1. The summed E-state index contributed by atoms with van der Waals surface area (Å²) in [6, 6.07) is 8.80. The number of rotatable bonds is 6. The van der Waals surface area contributed by atoms with Crippen molar-refractivity contribution in [2.24, 2.45) is 7.05 Å². The summed E-state index contributed by atoms with van der Waals surface area (Å²) in [6.45, 7) is 2.78. The molecule has 2 N–H and O–H groups in total. The number of anilines is 1. The number of nitrogens with one attached hydrogen (secondary N) is 2. The number of hydrogen-bond donors (Lipinski definition) is 2. The predicted octanol–water partition coefficient (Wildman–Crippen LogP) is 1.93. The first-order valence-electron chi connectivity index (χ1n) is 8.40. The lowest BCUT2D eigenvalue weighted by molar-refractivity contribution is 0.311. The molecule has 0 aliphatic carbocycles. The molecule has 0 saturated heterocycles. The van der Waals surface area contributed by atoms with E-state index in [4.69, 9.17) is 0 Å². The molecule has 0 aliphatic rings. The Morgan fingerprint density at radius 1 is 1.28 bits per heavy atom. The second kappa shape index (κ2) is 7.06. The zero-order chi connectivity index (χ0) is 18.0. The highest BCUT2D eigenvalue weighted by molar-refractivity contribution is 5.74. The molecule has 0 bridgehead atoms. The Labute approximate surface area is 146 Å². The molecule has 7 nitrogen and oxygen atoms in total. The van der Waals surface area contributed by atoms with Gasteiger partial charge in [-0.25, -0.2) is 0 Å². The summed E-state index contributed by atoms with van der Waals surface area (Å²) < 4.78 is 1.60.